The molecule has 36 heavy (non-hydrogen) atoms. The van der Waals surface area contributed by atoms with Gasteiger partial charge in [0.15, 0.2) is 0 Å². The Morgan fingerprint density at radius 2 is 1.58 bits per heavy atom. The summed E-state index contributed by atoms with van der Waals surface area (Å²) in [5.41, 5.74) is 4.94. The molecule has 2 rings (SSSR count). The Balaban J connectivity index is 1.87. The first-order valence-corrected chi connectivity index (χ1v) is 14.7. The molecule has 0 saturated heterocycles. The van der Waals surface area contributed by atoms with Crippen molar-refractivity contribution < 1.29 is 19.4 Å². The minimum atomic E-state index is -0.696. The lowest BCUT2D eigenvalue weighted by Crippen LogP contribution is -2.37. The van der Waals surface area contributed by atoms with Gasteiger partial charge in [0, 0.05) is 12.0 Å². The van der Waals surface area contributed by atoms with Crippen molar-refractivity contribution in [2.75, 3.05) is 6.61 Å². The van der Waals surface area contributed by atoms with Crippen molar-refractivity contribution in [3.8, 4) is 11.5 Å². The molecule has 0 radical (unpaired) electrons. The lowest BCUT2D eigenvalue weighted by molar-refractivity contribution is -0.137. The zero-order chi connectivity index (χ0) is 26.7. The van der Waals surface area contributed by atoms with Gasteiger partial charge in [0.1, 0.15) is 17.1 Å². The van der Waals surface area contributed by atoms with E-state index in [2.05, 4.69) is 48.5 Å². The van der Waals surface area contributed by atoms with Crippen LogP contribution in [0.5, 0.6) is 11.5 Å². The van der Waals surface area contributed by atoms with E-state index in [1.165, 1.54) is 54.4 Å². The van der Waals surface area contributed by atoms with Gasteiger partial charge in [-0.05, 0) is 94.7 Å². The molecule has 1 N–H and O–H groups in total. The highest BCUT2D eigenvalue weighted by molar-refractivity contribution is 5.66. The first-order valence-electron chi connectivity index (χ1n) is 14.7. The van der Waals surface area contributed by atoms with E-state index in [4.69, 9.17) is 14.6 Å². The van der Waals surface area contributed by atoms with Gasteiger partial charge in [-0.25, -0.2) is 0 Å². The number of benzene rings is 1. The predicted octanol–water partition coefficient (Wildman–Crippen LogP) is 9.13. The van der Waals surface area contributed by atoms with Crippen LogP contribution in [0.4, 0.5) is 0 Å². The molecule has 0 fully saturated rings. The van der Waals surface area contributed by atoms with E-state index in [0.717, 1.165) is 74.7 Å². The molecule has 2 unspecified atom stereocenters. The van der Waals surface area contributed by atoms with Crippen LogP contribution in [0.2, 0.25) is 0 Å². The number of ether oxygens (including phenoxy) is 2. The molecule has 0 aromatic heterocycles. The normalized spacial score (nSPS) is 18.1. The maximum atomic E-state index is 10.6. The Morgan fingerprint density at radius 3 is 2.28 bits per heavy atom. The molecule has 206 valence electrons. The smallest absolute Gasteiger partial charge is 0.303 e. The maximum absolute atomic E-state index is 10.6. The van der Waals surface area contributed by atoms with Gasteiger partial charge in [-0.1, -0.05) is 65.7 Å². The van der Waals surface area contributed by atoms with Crippen LogP contribution in [0.1, 0.15) is 133 Å². The number of carboxylic acids is 1. The van der Waals surface area contributed by atoms with Gasteiger partial charge in [0.2, 0.25) is 0 Å². The summed E-state index contributed by atoms with van der Waals surface area (Å²) in [7, 11) is 0. The van der Waals surface area contributed by atoms with E-state index in [0.29, 0.717) is 6.61 Å². The van der Waals surface area contributed by atoms with Crippen LogP contribution in [0, 0.1) is 32.6 Å². The molecule has 0 spiro atoms. The number of hydrogen-bond acceptors (Lipinski definition) is 3. The molecule has 1 aromatic rings. The SMILES string of the molecule is Cc1c(C)c2c(c(C)c1OCCCCCCCC(=O)O)CCC(C)(CCCC(C)CCCC(C)C)O2. The molecular formula is C32H54O4. The highest BCUT2D eigenvalue weighted by Gasteiger charge is 2.34. The van der Waals surface area contributed by atoms with Crippen LogP contribution in [0.25, 0.3) is 0 Å². The van der Waals surface area contributed by atoms with Crippen molar-refractivity contribution in [1.82, 2.24) is 0 Å². The molecule has 2 atom stereocenters. The molecular weight excluding hydrogens is 448 g/mol. The number of carbonyl (C=O) groups is 1. The Morgan fingerprint density at radius 1 is 0.917 bits per heavy atom. The third-order valence-electron chi connectivity index (χ3n) is 8.23. The quantitative estimate of drug-likeness (QED) is 0.216. The molecule has 1 heterocycles. The predicted molar refractivity (Wildman–Crippen MR) is 151 cm³/mol. The van der Waals surface area contributed by atoms with Gasteiger partial charge in [0.25, 0.3) is 0 Å². The fraction of sp³-hybridized carbons (Fsp3) is 0.781. The molecule has 1 aromatic carbocycles. The zero-order valence-corrected chi connectivity index (χ0v) is 24.4. The van der Waals surface area contributed by atoms with Gasteiger partial charge in [-0.15, -0.1) is 0 Å². The number of fused-ring (bicyclic) bond motifs is 1. The van der Waals surface area contributed by atoms with Crippen LogP contribution in [-0.2, 0) is 11.2 Å². The molecule has 0 amide bonds. The van der Waals surface area contributed by atoms with E-state index < -0.39 is 5.97 Å². The minimum absolute atomic E-state index is 0.0721. The van der Waals surface area contributed by atoms with Crippen molar-refractivity contribution in [2.45, 2.75) is 144 Å². The molecule has 1 aliphatic rings. The number of hydrogen-bond donors (Lipinski definition) is 1. The van der Waals surface area contributed by atoms with Crippen molar-refractivity contribution in [3.05, 3.63) is 22.3 Å². The van der Waals surface area contributed by atoms with Crippen LogP contribution in [0.15, 0.2) is 0 Å². The van der Waals surface area contributed by atoms with Gasteiger partial charge in [0.05, 0.1) is 6.61 Å². The summed E-state index contributed by atoms with van der Waals surface area (Å²) in [6.07, 6.45) is 15.0. The Hall–Kier alpha value is -1.71. The standard InChI is InChI=1S/C32H54O4/c1-23(2)15-13-16-24(3)17-14-20-32(7)21-19-28-27(6)30(25(4)26(5)31(28)36-32)35-22-12-10-8-9-11-18-29(33)34/h23-24H,8-22H2,1-7H3,(H,33,34). The summed E-state index contributed by atoms with van der Waals surface area (Å²) in [6, 6.07) is 0. The second-order valence-corrected chi connectivity index (χ2v) is 12.1. The zero-order valence-electron chi connectivity index (χ0n) is 24.4. The molecule has 0 saturated carbocycles. The average Bonchev–Trinajstić information content (AvgIpc) is 2.80. The van der Waals surface area contributed by atoms with Crippen molar-refractivity contribution in [3.63, 3.8) is 0 Å². The largest absolute Gasteiger partial charge is 0.493 e. The van der Waals surface area contributed by atoms with E-state index in [1.807, 2.05) is 0 Å². The second-order valence-electron chi connectivity index (χ2n) is 12.1. The fourth-order valence-corrected chi connectivity index (χ4v) is 5.60. The lowest BCUT2D eigenvalue weighted by atomic mass is 9.84. The van der Waals surface area contributed by atoms with Crippen molar-refractivity contribution in [1.29, 1.82) is 0 Å². The highest BCUT2D eigenvalue weighted by atomic mass is 16.5. The summed E-state index contributed by atoms with van der Waals surface area (Å²) in [5.74, 6) is 3.07. The summed E-state index contributed by atoms with van der Waals surface area (Å²) in [5, 5.41) is 8.74. The van der Waals surface area contributed by atoms with Crippen LogP contribution < -0.4 is 9.47 Å². The van der Waals surface area contributed by atoms with Gasteiger partial charge in [-0.3, -0.25) is 4.79 Å². The first-order chi connectivity index (χ1) is 17.0. The number of unbranched alkanes of at least 4 members (excludes halogenated alkanes) is 4. The summed E-state index contributed by atoms with van der Waals surface area (Å²) < 4.78 is 13.1. The maximum Gasteiger partial charge on any atom is 0.303 e. The Labute approximate surface area is 221 Å². The van der Waals surface area contributed by atoms with Crippen LogP contribution >= 0.6 is 0 Å². The Bertz CT molecular complexity index is 828. The van der Waals surface area contributed by atoms with E-state index in [9.17, 15) is 4.79 Å². The number of aliphatic carboxylic acids is 1. The monoisotopic (exact) mass is 502 g/mol. The summed E-state index contributed by atoms with van der Waals surface area (Å²) in [4.78, 5) is 10.6. The van der Waals surface area contributed by atoms with Crippen LogP contribution in [-0.4, -0.2) is 23.3 Å². The van der Waals surface area contributed by atoms with E-state index in [-0.39, 0.29) is 12.0 Å². The highest BCUT2D eigenvalue weighted by Crippen LogP contribution is 2.45. The number of carboxylic acid groups (broad SMARTS) is 1. The topological polar surface area (TPSA) is 55.8 Å². The van der Waals surface area contributed by atoms with Crippen molar-refractivity contribution in [2.24, 2.45) is 11.8 Å². The first kappa shape index (κ1) is 30.5. The van der Waals surface area contributed by atoms with E-state index >= 15 is 0 Å². The minimum Gasteiger partial charge on any atom is -0.493 e. The lowest BCUT2D eigenvalue weighted by Gasteiger charge is -2.38. The summed E-state index contributed by atoms with van der Waals surface area (Å²) in [6.45, 7) is 16.6. The molecule has 1 aliphatic heterocycles. The van der Waals surface area contributed by atoms with Gasteiger partial charge in [-0.2, -0.15) is 0 Å². The molecule has 4 nitrogen and oxygen atoms in total. The van der Waals surface area contributed by atoms with Crippen LogP contribution in [0.3, 0.4) is 0 Å². The van der Waals surface area contributed by atoms with Gasteiger partial charge >= 0.3 is 5.97 Å². The molecule has 4 heteroatoms. The summed E-state index contributed by atoms with van der Waals surface area (Å²) >= 11 is 0. The molecule has 0 bridgehead atoms. The third-order valence-corrected chi connectivity index (χ3v) is 8.23. The second kappa shape index (κ2) is 14.9. The Kier molecular flexibility index (Phi) is 12.6. The van der Waals surface area contributed by atoms with Gasteiger partial charge < -0.3 is 14.6 Å². The fourth-order valence-electron chi connectivity index (χ4n) is 5.60. The molecule has 0 aliphatic carbocycles. The average molecular weight is 503 g/mol. The number of rotatable bonds is 17. The third kappa shape index (κ3) is 9.63. The van der Waals surface area contributed by atoms with Crippen molar-refractivity contribution >= 4 is 5.97 Å². The van der Waals surface area contributed by atoms with E-state index in [1.54, 1.807) is 0 Å².